The molecule has 0 aromatic heterocycles. The Morgan fingerprint density at radius 2 is 1.04 bits per heavy atom. The molecule has 3 nitrogen and oxygen atoms in total. The van der Waals surface area contributed by atoms with Gasteiger partial charge in [0.15, 0.2) is 0 Å². The van der Waals surface area contributed by atoms with Gasteiger partial charge in [0.05, 0.1) is 34.5 Å². The molecular weight excluding hydrogens is 691 g/mol. The third kappa shape index (κ3) is 5.09. The second kappa shape index (κ2) is 13.1. The number of hydrogen-bond acceptors (Lipinski definition) is 3. The van der Waals surface area contributed by atoms with E-state index in [1.54, 1.807) is 0 Å². The van der Waals surface area contributed by atoms with E-state index in [9.17, 15) is 0 Å². The molecule has 1 unspecified atom stereocenters. The molecule has 0 saturated carbocycles. The molecule has 1 N–H and O–H groups in total. The fourth-order valence-corrected chi connectivity index (χ4v) is 9.68. The second-order valence-corrected chi connectivity index (χ2v) is 15.7. The number of benzene rings is 8. The Morgan fingerprint density at radius 1 is 0.474 bits per heavy atom. The van der Waals surface area contributed by atoms with Crippen LogP contribution < -0.4 is 10.3 Å². The average Bonchev–Trinajstić information content (AvgIpc) is 3.78. The predicted molar refractivity (Wildman–Crippen MR) is 237 cm³/mol. The van der Waals surface area contributed by atoms with E-state index in [2.05, 4.69) is 229 Å². The SMILES string of the molecule is CC1(C)c2ccccc2-c2c(N(C3=C(c4ccccc4)N4NC(c5ccccc5)C(c5ccccc5)=C4c4ccccc43)c3cccc4ccccc34)cccc21. The van der Waals surface area contributed by atoms with Crippen LogP contribution in [0, 0.1) is 0 Å². The number of rotatable bonds is 6. The maximum Gasteiger partial charge on any atom is 0.0897 e. The molecule has 0 amide bonds. The summed E-state index contributed by atoms with van der Waals surface area (Å²) >= 11 is 0. The summed E-state index contributed by atoms with van der Waals surface area (Å²) in [6.45, 7) is 4.74. The molecule has 3 heteroatoms. The minimum absolute atomic E-state index is 0.0885. The van der Waals surface area contributed by atoms with Crippen LogP contribution in [0.3, 0.4) is 0 Å². The van der Waals surface area contributed by atoms with Crippen molar-refractivity contribution in [3.63, 3.8) is 0 Å². The van der Waals surface area contributed by atoms with E-state index in [0.717, 1.165) is 28.3 Å². The van der Waals surface area contributed by atoms with Gasteiger partial charge >= 0.3 is 0 Å². The molecule has 0 bridgehead atoms. The van der Waals surface area contributed by atoms with Gasteiger partial charge in [-0.25, -0.2) is 5.43 Å². The van der Waals surface area contributed by atoms with Crippen LogP contribution in [0.2, 0.25) is 0 Å². The van der Waals surface area contributed by atoms with Crippen LogP contribution >= 0.6 is 0 Å². The highest BCUT2D eigenvalue weighted by molar-refractivity contribution is 6.15. The lowest BCUT2D eigenvalue weighted by Crippen LogP contribution is -2.37. The zero-order chi connectivity index (χ0) is 38.1. The number of hydrazine groups is 1. The van der Waals surface area contributed by atoms with E-state index < -0.39 is 0 Å². The van der Waals surface area contributed by atoms with Gasteiger partial charge in [-0.2, -0.15) is 0 Å². The summed E-state index contributed by atoms with van der Waals surface area (Å²) in [4.78, 5) is 2.58. The molecule has 0 radical (unpaired) electrons. The van der Waals surface area contributed by atoms with Crippen LogP contribution in [-0.4, -0.2) is 5.01 Å². The zero-order valence-electron chi connectivity index (χ0n) is 32.0. The first-order valence-electron chi connectivity index (χ1n) is 19.9. The topological polar surface area (TPSA) is 18.5 Å². The molecule has 11 rings (SSSR count). The maximum atomic E-state index is 4.13. The van der Waals surface area contributed by atoms with Crippen molar-refractivity contribution in [3.8, 4) is 11.1 Å². The van der Waals surface area contributed by atoms with E-state index in [4.69, 9.17) is 0 Å². The van der Waals surface area contributed by atoms with Gasteiger partial charge in [-0.15, -0.1) is 0 Å². The zero-order valence-corrected chi connectivity index (χ0v) is 32.0. The Hall–Kier alpha value is -6.94. The molecule has 57 heavy (non-hydrogen) atoms. The molecule has 8 aromatic rings. The van der Waals surface area contributed by atoms with Crippen molar-refractivity contribution >= 4 is 44.8 Å². The van der Waals surface area contributed by atoms with Gasteiger partial charge in [0.2, 0.25) is 0 Å². The van der Waals surface area contributed by atoms with Crippen molar-refractivity contribution in [1.82, 2.24) is 10.4 Å². The van der Waals surface area contributed by atoms with E-state index in [-0.39, 0.29) is 11.5 Å². The smallest absolute Gasteiger partial charge is 0.0897 e. The first kappa shape index (κ1) is 33.4. The molecule has 0 saturated heterocycles. The van der Waals surface area contributed by atoms with Crippen molar-refractivity contribution < 1.29 is 0 Å². The quantitative estimate of drug-likeness (QED) is 0.184. The minimum Gasteiger partial charge on any atom is -0.307 e. The van der Waals surface area contributed by atoms with Crippen molar-refractivity contribution in [1.29, 1.82) is 0 Å². The average molecular weight is 732 g/mol. The van der Waals surface area contributed by atoms with Gasteiger partial charge in [-0.1, -0.05) is 202 Å². The normalized spacial score (nSPS) is 16.3. The van der Waals surface area contributed by atoms with Gasteiger partial charge in [-0.3, -0.25) is 5.01 Å². The van der Waals surface area contributed by atoms with E-state index in [1.807, 2.05) is 0 Å². The first-order chi connectivity index (χ1) is 28.1. The Bertz CT molecular complexity index is 2900. The highest BCUT2D eigenvalue weighted by atomic mass is 15.6. The van der Waals surface area contributed by atoms with Gasteiger partial charge in [0.1, 0.15) is 0 Å². The number of fused-ring (bicyclic) bond motifs is 7. The summed E-state index contributed by atoms with van der Waals surface area (Å²) in [7, 11) is 0. The summed E-state index contributed by atoms with van der Waals surface area (Å²) in [6.07, 6.45) is 0. The van der Waals surface area contributed by atoms with E-state index in [0.29, 0.717) is 0 Å². The van der Waals surface area contributed by atoms with Gasteiger partial charge in [0, 0.05) is 38.6 Å². The third-order valence-electron chi connectivity index (χ3n) is 12.2. The molecule has 2 aliphatic heterocycles. The molecule has 2 heterocycles. The molecule has 1 atom stereocenters. The fourth-order valence-electron chi connectivity index (χ4n) is 9.68. The van der Waals surface area contributed by atoms with Crippen LogP contribution in [0.4, 0.5) is 11.4 Å². The number of anilines is 2. The summed E-state index contributed by atoms with van der Waals surface area (Å²) in [5.41, 5.74) is 22.1. The van der Waals surface area contributed by atoms with Gasteiger partial charge < -0.3 is 4.90 Å². The standard InChI is InChI=1S/C54H41N3/c1-54(2)44-32-17-16-31-43(44)49-45(54)33-19-35-47(49)56(46-34-18-27-36-20-12-13-28-40(36)46)53-42-30-15-14-29-41(42)52-48(37-21-6-3-7-22-37)50(38-23-8-4-9-24-38)55-57(52)51(53)39-25-10-5-11-26-39/h3-35,50,55H,1-2H3. The Labute approximate surface area is 334 Å². The highest BCUT2D eigenvalue weighted by Crippen LogP contribution is 2.58. The molecule has 0 spiro atoms. The van der Waals surface area contributed by atoms with Crippen molar-refractivity contribution in [2.45, 2.75) is 25.3 Å². The first-order valence-corrected chi connectivity index (χ1v) is 19.9. The van der Waals surface area contributed by atoms with Crippen LogP contribution in [-0.2, 0) is 5.41 Å². The van der Waals surface area contributed by atoms with Crippen molar-refractivity contribution in [3.05, 3.63) is 239 Å². The Morgan fingerprint density at radius 3 is 1.81 bits per heavy atom. The molecule has 0 fully saturated rings. The summed E-state index contributed by atoms with van der Waals surface area (Å²) < 4.78 is 0. The molecule has 3 aliphatic rings. The second-order valence-electron chi connectivity index (χ2n) is 15.7. The lowest BCUT2D eigenvalue weighted by Gasteiger charge is -2.40. The lowest BCUT2D eigenvalue weighted by molar-refractivity contribution is 0.403. The van der Waals surface area contributed by atoms with Gasteiger partial charge in [-0.05, 0) is 45.3 Å². The summed E-state index contributed by atoms with van der Waals surface area (Å²) in [6, 6.07) is 73.2. The third-order valence-corrected chi connectivity index (χ3v) is 12.2. The minimum atomic E-state index is -0.159. The largest absolute Gasteiger partial charge is 0.307 e. The fraction of sp³-hybridized carbons (Fsp3) is 0.0741. The van der Waals surface area contributed by atoms with Crippen LogP contribution in [0.15, 0.2) is 200 Å². The Balaban J connectivity index is 1.30. The number of nitrogens with one attached hydrogen (secondary N) is 1. The molecule has 1 aliphatic carbocycles. The van der Waals surface area contributed by atoms with Crippen LogP contribution in [0.1, 0.15) is 58.8 Å². The number of hydrogen-bond donors (Lipinski definition) is 1. The predicted octanol–water partition coefficient (Wildman–Crippen LogP) is 13.3. The molecule has 272 valence electrons. The van der Waals surface area contributed by atoms with Gasteiger partial charge in [0.25, 0.3) is 0 Å². The monoisotopic (exact) mass is 731 g/mol. The van der Waals surface area contributed by atoms with E-state index >= 15 is 0 Å². The molecular formula is C54H41N3. The molecule has 8 aromatic carbocycles. The number of nitrogens with zero attached hydrogens (tertiary/aromatic N) is 2. The van der Waals surface area contributed by atoms with Crippen LogP contribution in [0.5, 0.6) is 0 Å². The summed E-state index contributed by atoms with van der Waals surface area (Å²) in [5.74, 6) is 0. The van der Waals surface area contributed by atoms with Crippen molar-refractivity contribution in [2.75, 3.05) is 4.90 Å². The Kier molecular flexibility index (Phi) is 7.67. The van der Waals surface area contributed by atoms with Crippen LogP contribution in [0.25, 0.3) is 44.6 Å². The lowest BCUT2D eigenvalue weighted by atomic mass is 9.82. The highest BCUT2D eigenvalue weighted by Gasteiger charge is 2.44. The maximum absolute atomic E-state index is 4.13. The van der Waals surface area contributed by atoms with Crippen molar-refractivity contribution in [2.24, 2.45) is 0 Å². The van der Waals surface area contributed by atoms with E-state index in [1.165, 1.54) is 66.6 Å². The summed E-state index contributed by atoms with van der Waals surface area (Å²) in [5, 5.41) is 4.81.